The Morgan fingerprint density at radius 2 is 2.00 bits per heavy atom. The van der Waals surface area contributed by atoms with Crippen molar-refractivity contribution in [2.24, 2.45) is 5.92 Å². The summed E-state index contributed by atoms with van der Waals surface area (Å²) in [6.45, 7) is 10.8. The van der Waals surface area contributed by atoms with E-state index in [1.54, 1.807) is 7.11 Å². The zero-order chi connectivity index (χ0) is 15.7. The third kappa shape index (κ3) is 5.20. The van der Waals surface area contributed by atoms with Crippen LogP contribution in [0.5, 0.6) is 5.75 Å². The molecule has 0 unspecified atom stereocenters. The molecule has 2 atom stereocenters. The molecule has 0 bridgehead atoms. The molecule has 2 heteroatoms. The van der Waals surface area contributed by atoms with Gasteiger partial charge in [0, 0.05) is 13.0 Å². The van der Waals surface area contributed by atoms with Gasteiger partial charge >= 0.3 is 0 Å². The van der Waals surface area contributed by atoms with Gasteiger partial charge < -0.3 is 9.47 Å². The smallest absolute Gasteiger partial charge is 0.122 e. The molecule has 0 saturated heterocycles. The van der Waals surface area contributed by atoms with Gasteiger partial charge in [0.15, 0.2) is 0 Å². The van der Waals surface area contributed by atoms with Crippen LogP contribution < -0.4 is 4.74 Å². The number of allylic oxidation sites excluding steroid dienone is 1. The van der Waals surface area contributed by atoms with Gasteiger partial charge in [-0.25, -0.2) is 0 Å². The van der Waals surface area contributed by atoms with Crippen LogP contribution in [0.1, 0.15) is 44.7 Å². The Kier molecular flexibility index (Phi) is 8.14. The molecule has 0 spiro atoms. The van der Waals surface area contributed by atoms with Crippen LogP contribution in [0.3, 0.4) is 0 Å². The minimum atomic E-state index is 0.346. The predicted molar refractivity (Wildman–Crippen MR) is 90.1 cm³/mol. The first-order valence-corrected chi connectivity index (χ1v) is 8.05. The van der Waals surface area contributed by atoms with E-state index < -0.39 is 0 Å². The van der Waals surface area contributed by atoms with Crippen molar-refractivity contribution in [1.82, 2.24) is 0 Å². The molecular formula is C19H30O2. The van der Waals surface area contributed by atoms with E-state index in [9.17, 15) is 0 Å². The van der Waals surface area contributed by atoms with E-state index in [0.29, 0.717) is 12.0 Å². The molecule has 1 aromatic carbocycles. The summed E-state index contributed by atoms with van der Waals surface area (Å²) in [5.74, 6) is 1.61. The highest BCUT2D eigenvalue weighted by molar-refractivity contribution is 5.42. The van der Waals surface area contributed by atoms with Crippen LogP contribution in [0.25, 0.3) is 0 Å². The first-order valence-electron chi connectivity index (χ1n) is 8.05. The second-order valence-corrected chi connectivity index (χ2v) is 5.59. The average Bonchev–Trinajstić information content (AvgIpc) is 2.52. The van der Waals surface area contributed by atoms with Gasteiger partial charge in [-0.15, -0.1) is 6.58 Å². The topological polar surface area (TPSA) is 18.5 Å². The molecule has 0 heterocycles. The predicted octanol–water partition coefficient (Wildman–Crippen LogP) is 4.81. The third-order valence-corrected chi connectivity index (χ3v) is 3.86. The summed E-state index contributed by atoms with van der Waals surface area (Å²) in [5.41, 5.74) is 2.77. The Morgan fingerprint density at radius 3 is 2.57 bits per heavy atom. The Hall–Kier alpha value is -1.28. The second-order valence-electron chi connectivity index (χ2n) is 5.59. The minimum absolute atomic E-state index is 0.346. The van der Waals surface area contributed by atoms with Gasteiger partial charge in [-0.3, -0.25) is 0 Å². The fourth-order valence-electron chi connectivity index (χ4n) is 2.60. The summed E-state index contributed by atoms with van der Waals surface area (Å²) in [5, 5.41) is 0. The molecule has 0 aromatic heterocycles. The van der Waals surface area contributed by atoms with Crippen LogP contribution in [0, 0.1) is 5.92 Å². The number of hydrogen-bond donors (Lipinski definition) is 0. The number of benzene rings is 1. The molecule has 2 nitrogen and oxygen atoms in total. The summed E-state index contributed by atoms with van der Waals surface area (Å²) in [6, 6.07) is 6.34. The van der Waals surface area contributed by atoms with Gasteiger partial charge in [-0.2, -0.15) is 0 Å². The number of hydrogen-bond acceptors (Lipinski definition) is 2. The first kappa shape index (κ1) is 17.8. The van der Waals surface area contributed by atoms with E-state index in [1.165, 1.54) is 11.1 Å². The molecular weight excluding hydrogens is 260 g/mol. The highest BCUT2D eigenvalue weighted by Crippen LogP contribution is 2.33. The summed E-state index contributed by atoms with van der Waals surface area (Å²) < 4.78 is 11.4. The van der Waals surface area contributed by atoms with Crippen molar-refractivity contribution in [3.63, 3.8) is 0 Å². The molecule has 0 saturated carbocycles. The number of rotatable bonds is 5. The molecule has 21 heavy (non-hydrogen) atoms. The van der Waals surface area contributed by atoms with Crippen LogP contribution in [0.4, 0.5) is 0 Å². The van der Waals surface area contributed by atoms with E-state index >= 15 is 0 Å². The number of ether oxygens (including phenoxy) is 2. The molecule has 1 aliphatic carbocycles. The van der Waals surface area contributed by atoms with Gasteiger partial charge in [0.05, 0.1) is 13.2 Å². The monoisotopic (exact) mass is 290 g/mol. The lowest BCUT2D eigenvalue weighted by Crippen LogP contribution is -2.31. The maximum absolute atomic E-state index is 5.95. The van der Waals surface area contributed by atoms with Crippen LogP contribution in [0.2, 0.25) is 0 Å². The van der Waals surface area contributed by atoms with E-state index in [-0.39, 0.29) is 0 Å². The Morgan fingerprint density at radius 1 is 1.29 bits per heavy atom. The molecule has 2 rings (SSSR count). The van der Waals surface area contributed by atoms with Crippen LogP contribution in [-0.4, -0.2) is 19.8 Å². The normalized spacial score (nSPS) is 20.0. The average molecular weight is 290 g/mol. The third-order valence-electron chi connectivity index (χ3n) is 3.86. The molecule has 0 aliphatic heterocycles. The van der Waals surface area contributed by atoms with E-state index in [4.69, 9.17) is 9.47 Å². The number of fused-ring (bicyclic) bond motifs is 1. The Balaban J connectivity index is 0.000000491. The van der Waals surface area contributed by atoms with Gasteiger partial charge in [0.1, 0.15) is 5.75 Å². The summed E-state index contributed by atoms with van der Waals surface area (Å²) in [7, 11) is 1.75. The summed E-state index contributed by atoms with van der Waals surface area (Å²) >= 11 is 0. The zero-order valence-electron chi connectivity index (χ0n) is 14.0. The summed E-state index contributed by atoms with van der Waals surface area (Å²) in [6.07, 6.45) is 6.47. The van der Waals surface area contributed by atoms with Crippen molar-refractivity contribution in [3.05, 3.63) is 42.0 Å². The van der Waals surface area contributed by atoms with Crippen molar-refractivity contribution in [2.75, 3.05) is 13.7 Å². The zero-order valence-corrected chi connectivity index (χ0v) is 14.0. The molecule has 0 N–H and O–H groups in total. The quantitative estimate of drug-likeness (QED) is 0.725. The number of methoxy groups -OCH3 is 1. The highest BCUT2D eigenvalue weighted by Gasteiger charge is 2.27. The maximum Gasteiger partial charge on any atom is 0.122 e. The van der Waals surface area contributed by atoms with Crippen molar-refractivity contribution in [3.8, 4) is 5.75 Å². The van der Waals surface area contributed by atoms with E-state index in [1.807, 2.05) is 12.1 Å². The fraction of sp³-hybridized carbons (Fsp3) is 0.579. The first-order chi connectivity index (χ1) is 10.2. The van der Waals surface area contributed by atoms with Crippen molar-refractivity contribution in [1.29, 1.82) is 0 Å². The minimum Gasteiger partial charge on any atom is -0.496 e. The lowest BCUT2D eigenvalue weighted by atomic mass is 9.82. The molecule has 1 aliphatic rings. The highest BCUT2D eigenvalue weighted by atomic mass is 16.5. The Labute approximate surface area is 130 Å². The molecule has 0 amide bonds. The van der Waals surface area contributed by atoms with Crippen molar-refractivity contribution >= 4 is 0 Å². The molecule has 0 fully saturated rings. The van der Waals surface area contributed by atoms with Crippen LogP contribution >= 0.6 is 0 Å². The van der Waals surface area contributed by atoms with Crippen molar-refractivity contribution in [2.45, 2.75) is 52.6 Å². The van der Waals surface area contributed by atoms with Gasteiger partial charge in [0.2, 0.25) is 0 Å². The van der Waals surface area contributed by atoms with Gasteiger partial charge in [-0.1, -0.05) is 39.0 Å². The SMILES string of the molecule is C=CCC.CCCO[C@@H]1Cc2c(cccc2OC)C[C@H]1C. The fourth-order valence-corrected chi connectivity index (χ4v) is 2.60. The van der Waals surface area contributed by atoms with Gasteiger partial charge in [-0.05, 0) is 42.4 Å². The van der Waals surface area contributed by atoms with E-state index in [2.05, 4.69) is 39.5 Å². The lowest BCUT2D eigenvalue weighted by molar-refractivity contribution is 0.0129. The van der Waals surface area contributed by atoms with Crippen LogP contribution in [-0.2, 0) is 17.6 Å². The largest absolute Gasteiger partial charge is 0.496 e. The molecule has 118 valence electrons. The standard InChI is InChI=1S/C15H22O2.C4H8/c1-4-8-17-15-10-13-12(9-11(15)2)6-5-7-14(13)16-3;1-3-4-2/h5-7,11,15H,4,8-10H2,1-3H3;3H,1,4H2,2H3/t11-,15-;/m1./s1. The second kappa shape index (κ2) is 9.62. The Bertz CT molecular complexity index is 426. The van der Waals surface area contributed by atoms with E-state index in [0.717, 1.165) is 38.0 Å². The maximum atomic E-state index is 5.95. The van der Waals surface area contributed by atoms with Crippen molar-refractivity contribution < 1.29 is 9.47 Å². The van der Waals surface area contributed by atoms with Crippen LogP contribution in [0.15, 0.2) is 30.9 Å². The lowest BCUT2D eigenvalue weighted by Gasteiger charge is -2.31. The molecule has 1 aromatic rings. The van der Waals surface area contributed by atoms with Gasteiger partial charge in [0.25, 0.3) is 0 Å². The summed E-state index contributed by atoms with van der Waals surface area (Å²) in [4.78, 5) is 0. The molecule has 0 radical (unpaired) electrons.